The summed E-state index contributed by atoms with van der Waals surface area (Å²) < 4.78 is 60.7. The maximum atomic E-state index is 12.6. The highest BCUT2D eigenvalue weighted by Crippen LogP contribution is 2.33. The van der Waals surface area contributed by atoms with Gasteiger partial charge in [-0.1, -0.05) is 6.92 Å². The summed E-state index contributed by atoms with van der Waals surface area (Å²) in [6.07, 6.45) is -3.59. The molecule has 4 nitrogen and oxygen atoms in total. The van der Waals surface area contributed by atoms with Gasteiger partial charge < -0.3 is 5.32 Å². The van der Waals surface area contributed by atoms with Gasteiger partial charge in [0.2, 0.25) is 10.0 Å². The van der Waals surface area contributed by atoms with Gasteiger partial charge in [-0.15, -0.1) is 0 Å². The van der Waals surface area contributed by atoms with Crippen LogP contribution in [0.2, 0.25) is 0 Å². The monoisotopic (exact) mass is 342 g/mol. The molecule has 0 heterocycles. The van der Waals surface area contributed by atoms with E-state index in [-0.39, 0.29) is 5.69 Å². The molecule has 0 unspecified atom stereocenters. The zero-order valence-corrected chi connectivity index (χ0v) is 13.0. The molecule has 0 saturated carbocycles. The summed E-state index contributed by atoms with van der Waals surface area (Å²) >= 11 is 1.67. The molecule has 0 bridgehead atoms. The normalized spacial score (nSPS) is 12.4. The number of alkyl halides is 3. The minimum Gasteiger partial charge on any atom is -0.383 e. The molecule has 0 saturated heterocycles. The van der Waals surface area contributed by atoms with Crippen molar-refractivity contribution in [1.29, 1.82) is 0 Å². The highest BCUT2D eigenvalue weighted by atomic mass is 32.2. The molecule has 0 atom stereocenters. The Kier molecular flexibility index (Phi) is 6.36. The molecular weight excluding hydrogens is 325 g/mol. The zero-order chi connectivity index (χ0) is 16.1. The second-order valence-electron chi connectivity index (χ2n) is 4.29. The Morgan fingerprint density at radius 2 is 1.95 bits per heavy atom. The van der Waals surface area contributed by atoms with Crippen LogP contribution in [-0.2, 0) is 16.2 Å². The molecule has 0 aliphatic rings. The van der Waals surface area contributed by atoms with E-state index in [0.29, 0.717) is 12.6 Å². The molecule has 3 N–H and O–H groups in total. The highest BCUT2D eigenvalue weighted by molar-refractivity contribution is 7.99. The standard InChI is InChI=1S/C12H17F3N2O2S2/c1-2-6-20-7-5-17-10-4-3-9(12(13,14)15)8-11(10)21(16,18)19/h3-4,8,17H,2,5-7H2,1H3,(H2,16,18,19). The van der Waals surface area contributed by atoms with Crippen molar-refractivity contribution in [3.63, 3.8) is 0 Å². The number of hydrogen-bond acceptors (Lipinski definition) is 4. The molecular formula is C12H17F3N2O2S2. The van der Waals surface area contributed by atoms with Crippen molar-refractivity contribution in [2.45, 2.75) is 24.4 Å². The number of thioether (sulfide) groups is 1. The van der Waals surface area contributed by atoms with E-state index in [1.54, 1.807) is 11.8 Å². The van der Waals surface area contributed by atoms with Crippen LogP contribution in [0.15, 0.2) is 23.1 Å². The predicted molar refractivity (Wildman–Crippen MR) is 78.9 cm³/mol. The largest absolute Gasteiger partial charge is 0.416 e. The van der Waals surface area contributed by atoms with Gasteiger partial charge in [0.1, 0.15) is 4.90 Å². The van der Waals surface area contributed by atoms with Crippen LogP contribution < -0.4 is 10.5 Å². The maximum Gasteiger partial charge on any atom is 0.416 e. The average Bonchev–Trinajstić information content (AvgIpc) is 2.36. The lowest BCUT2D eigenvalue weighted by molar-refractivity contribution is -0.137. The van der Waals surface area contributed by atoms with Gasteiger partial charge in [-0.3, -0.25) is 0 Å². The summed E-state index contributed by atoms with van der Waals surface area (Å²) in [6.45, 7) is 2.48. The van der Waals surface area contributed by atoms with Crippen LogP contribution in [0, 0.1) is 0 Å². The first kappa shape index (κ1) is 18.1. The summed E-state index contributed by atoms with van der Waals surface area (Å²) in [4.78, 5) is -0.544. The topological polar surface area (TPSA) is 72.2 Å². The minimum atomic E-state index is -4.62. The van der Waals surface area contributed by atoms with E-state index in [2.05, 4.69) is 5.32 Å². The molecule has 0 aromatic heterocycles. The lowest BCUT2D eigenvalue weighted by Gasteiger charge is -2.13. The summed E-state index contributed by atoms with van der Waals surface area (Å²) in [5.74, 6) is 1.69. The van der Waals surface area contributed by atoms with Gasteiger partial charge in [-0.2, -0.15) is 24.9 Å². The van der Waals surface area contributed by atoms with Gasteiger partial charge in [-0.05, 0) is 30.4 Å². The first-order valence-corrected chi connectivity index (χ1v) is 8.92. The van der Waals surface area contributed by atoms with E-state index >= 15 is 0 Å². The van der Waals surface area contributed by atoms with Crippen molar-refractivity contribution >= 4 is 27.5 Å². The van der Waals surface area contributed by atoms with E-state index in [1.807, 2.05) is 6.92 Å². The van der Waals surface area contributed by atoms with E-state index in [4.69, 9.17) is 5.14 Å². The number of hydrogen-bond donors (Lipinski definition) is 2. The van der Waals surface area contributed by atoms with Gasteiger partial charge in [0.25, 0.3) is 0 Å². The number of rotatable bonds is 7. The van der Waals surface area contributed by atoms with Crippen molar-refractivity contribution in [3.05, 3.63) is 23.8 Å². The third kappa shape index (κ3) is 5.76. The van der Waals surface area contributed by atoms with Gasteiger partial charge in [0, 0.05) is 12.3 Å². The predicted octanol–water partition coefficient (Wildman–Crippen LogP) is 2.91. The van der Waals surface area contributed by atoms with E-state index in [9.17, 15) is 21.6 Å². The number of halogens is 3. The second kappa shape index (κ2) is 7.37. The first-order chi connectivity index (χ1) is 9.66. The molecule has 9 heteroatoms. The SMILES string of the molecule is CCCSCCNc1ccc(C(F)(F)F)cc1S(N)(=O)=O. The summed E-state index contributed by atoms with van der Waals surface area (Å²) in [5.41, 5.74) is -0.958. The highest BCUT2D eigenvalue weighted by Gasteiger charge is 2.32. The quantitative estimate of drug-likeness (QED) is 0.748. The Morgan fingerprint density at radius 3 is 2.48 bits per heavy atom. The molecule has 0 aliphatic carbocycles. The molecule has 0 aliphatic heterocycles. The molecule has 0 fully saturated rings. The van der Waals surface area contributed by atoms with Gasteiger partial charge in [-0.25, -0.2) is 13.6 Å². The van der Waals surface area contributed by atoms with Crippen molar-refractivity contribution in [2.75, 3.05) is 23.4 Å². The molecule has 0 spiro atoms. The summed E-state index contributed by atoms with van der Waals surface area (Å²) in [6, 6.07) is 2.47. The van der Waals surface area contributed by atoms with Crippen LogP contribution in [0.4, 0.5) is 18.9 Å². The van der Waals surface area contributed by atoms with Gasteiger partial charge in [0.15, 0.2) is 0 Å². The van der Waals surface area contributed by atoms with Crippen molar-refractivity contribution in [2.24, 2.45) is 5.14 Å². The maximum absolute atomic E-state index is 12.6. The number of primary sulfonamides is 1. The third-order valence-corrected chi connectivity index (χ3v) is 4.67. The minimum absolute atomic E-state index is 0.0857. The van der Waals surface area contributed by atoms with E-state index in [1.165, 1.54) is 0 Å². The van der Waals surface area contributed by atoms with Crippen molar-refractivity contribution < 1.29 is 21.6 Å². The fraction of sp³-hybridized carbons (Fsp3) is 0.500. The lowest BCUT2D eigenvalue weighted by atomic mass is 10.2. The number of nitrogens with one attached hydrogen (secondary N) is 1. The molecule has 1 aromatic rings. The van der Waals surface area contributed by atoms with E-state index in [0.717, 1.165) is 30.1 Å². The van der Waals surface area contributed by atoms with Crippen molar-refractivity contribution in [1.82, 2.24) is 0 Å². The molecule has 21 heavy (non-hydrogen) atoms. The third-order valence-electron chi connectivity index (χ3n) is 2.53. The number of anilines is 1. The Balaban J connectivity index is 2.94. The lowest BCUT2D eigenvalue weighted by Crippen LogP contribution is -2.17. The molecule has 0 amide bonds. The van der Waals surface area contributed by atoms with Crippen LogP contribution in [0.3, 0.4) is 0 Å². The summed E-state index contributed by atoms with van der Waals surface area (Å²) in [5, 5.41) is 7.79. The Labute approximate surface area is 126 Å². The summed E-state index contributed by atoms with van der Waals surface area (Å²) in [7, 11) is -4.23. The number of benzene rings is 1. The van der Waals surface area contributed by atoms with Crippen molar-refractivity contribution in [3.8, 4) is 0 Å². The first-order valence-electron chi connectivity index (χ1n) is 6.22. The Hall–Kier alpha value is -0.930. The fourth-order valence-corrected chi connectivity index (χ4v) is 3.06. The second-order valence-corrected chi connectivity index (χ2v) is 7.05. The smallest absolute Gasteiger partial charge is 0.383 e. The molecule has 1 aromatic carbocycles. The molecule has 1 rings (SSSR count). The Bertz CT molecular complexity index is 574. The van der Waals surface area contributed by atoms with Crippen LogP contribution in [0.5, 0.6) is 0 Å². The van der Waals surface area contributed by atoms with E-state index < -0.39 is 26.7 Å². The average molecular weight is 342 g/mol. The molecule has 120 valence electrons. The van der Waals surface area contributed by atoms with Crippen LogP contribution in [-0.4, -0.2) is 26.5 Å². The fourth-order valence-electron chi connectivity index (χ4n) is 1.58. The van der Waals surface area contributed by atoms with Crippen LogP contribution in [0.25, 0.3) is 0 Å². The van der Waals surface area contributed by atoms with Crippen LogP contribution in [0.1, 0.15) is 18.9 Å². The van der Waals surface area contributed by atoms with Gasteiger partial charge >= 0.3 is 6.18 Å². The number of nitrogens with two attached hydrogens (primary N) is 1. The Morgan fingerprint density at radius 1 is 1.29 bits per heavy atom. The number of sulfonamides is 1. The molecule has 0 radical (unpaired) electrons. The zero-order valence-electron chi connectivity index (χ0n) is 11.4. The van der Waals surface area contributed by atoms with Gasteiger partial charge in [0.05, 0.1) is 11.3 Å². The van der Waals surface area contributed by atoms with Crippen LogP contribution >= 0.6 is 11.8 Å².